The minimum Gasteiger partial charge on any atom is -0.466 e. The van der Waals surface area contributed by atoms with Crippen molar-refractivity contribution < 1.29 is 14.3 Å². The maximum Gasteiger partial charge on any atom is 0.305 e. The Morgan fingerprint density at radius 1 is 1.43 bits per heavy atom. The van der Waals surface area contributed by atoms with Crippen LogP contribution in [0.1, 0.15) is 24.6 Å². The predicted octanol–water partition coefficient (Wildman–Crippen LogP) is 2.29. The van der Waals surface area contributed by atoms with Crippen molar-refractivity contribution in [1.29, 1.82) is 0 Å². The molecule has 0 saturated heterocycles. The zero-order chi connectivity index (χ0) is 15.7. The van der Waals surface area contributed by atoms with Gasteiger partial charge in [0.05, 0.1) is 17.5 Å². The van der Waals surface area contributed by atoms with Gasteiger partial charge in [0.15, 0.2) is 0 Å². The van der Waals surface area contributed by atoms with Gasteiger partial charge in [0.1, 0.15) is 0 Å². The molecule has 0 radical (unpaired) electrons. The van der Waals surface area contributed by atoms with Crippen molar-refractivity contribution in [3.05, 3.63) is 21.3 Å². The molecule has 0 aliphatic rings. The molecule has 5 nitrogen and oxygen atoms in total. The van der Waals surface area contributed by atoms with Gasteiger partial charge in [-0.15, -0.1) is 11.3 Å². The average Bonchev–Trinajstić information content (AvgIpc) is 2.80. The molecule has 0 aromatic carbocycles. The lowest BCUT2D eigenvalue weighted by Gasteiger charge is -2.15. The van der Waals surface area contributed by atoms with Crippen LogP contribution in [-0.2, 0) is 20.9 Å². The van der Waals surface area contributed by atoms with E-state index in [1.165, 1.54) is 11.3 Å². The molecule has 0 aliphatic heterocycles. The molecule has 1 heterocycles. The van der Waals surface area contributed by atoms with Gasteiger partial charge in [-0.05, 0) is 32.5 Å². The minimum absolute atomic E-state index is 0.0518. The SMILES string of the molecule is CCOC(=O)CCCNC(=O)CN(C)Cc1ccc(Cl)s1. The van der Waals surface area contributed by atoms with Crippen LogP contribution in [-0.4, -0.2) is 43.5 Å². The first kappa shape index (κ1) is 17.9. The molecule has 1 aromatic rings. The van der Waals surface area contributed by atoms with E-state index < -0.39 is 0 Å². The van der Waals surface area contributed by atoms with Crippen LogP contribution in [0.4, 0.5) is 0 Å². The summed E-state index contributed by atoms with van der Waals surface area (Å²) in [6.07, 6.45) is 0.923. The minimum atomic E-state index is -0.224. The highest BCUT2D eigenvalue weighted by Gasteiger charge is 2.08. The monoisotopic (exact) mass is 332 g/mol. The summed E-state index contributed by atoms with van der Waals surface area (Å²) < 4.78 is 5.56. The Bertz CT molecular complexity index is 465. The standard InChI is InChI=1S/C14H21ClN2O3S/c1-3-20-14(19)5-4-8-16-13(18)10-17(2)9-11-6-7-12(15)21-11/h6-7H,3-5,8-10H2,1-2H3,(H,16,18). The second-order valence-electron chi connectivity index (χ2n) is 4.64. The fraction of sp³-hybridized carbons (Fsp3) is 0.571. The number of likely N-dealkylation sites (N-methyl/N-ethyl adjacent to an activating group) is 1. The van der Waals surface area contributed by atoms with Crippen LogP contribution < -0.4 is 5.32 Å². The number of ether oxygens (including phenoxy) is 1. The number of carbonyl (C=O) groups is 2. The van der Waals surface area contributed by atoms with Crippen molar-refractivity contribution in [2.24, 2.45) is 0 Å². The van der Waals surface area contributed by atoms with Gasteiger partial charge in [0, 0.05) is 24.4 Å². The first-order valence-electron chi connectivity index (χ1n) is 6.86. The molecule has 0 unspecified atom stereocenters. The second kappa shape index (κ2) is 9.76. The smallest absolute Gasteiger partial charge is 0.305 e. The molecule has 7 heteroatoms. The van der Waals surface area contributed by atoms with Gasteiger partial charge in [-0.25, -0.2) is 0 Å². The van der Waals surface area contributed by atoms with E-state index in [1.807, 2.05) is 24.1 Å². The van der Waals surface area contributed by atoms with Gasteiger partial charge < -0.3 is 10.1 Å². The Morgan fingerprint density at radius 2 is 2.19 bits per heavy atom. The van der Waals surface area contributed by atoms with Crippen molar-refractivity contribution >= 4 is 34.8 Å². The van der Waals surface area contributed by atoms with Crippen LogP contribution in [0, 0.1) is 0 Å². The lowest BCUT2D eigenvalue weighted by Crippen LogP contribution is -2.35. The highest BCUT2D eigenvalue weighted by Crippen LogP contribution is 2.22. The van der Waals surface area contributed by atoms with Crippen molar-refractivity contribution in [2.75, 3.05) is 26.7 Å². The molecule has 0 spiro atoms. The number of esters is 1. The third-order valence-electron chi connectivity index (χ3n) is 2.65. The van der Waals surface area contributed by atoms with Crippen LogP contribution in [0.2, 0.25) is 4.34 Å². The first-order valence-corrected chi connectivity index (χ1v) is 8.05. The van der Waals surface area contributed by atoms with Crippen LogP contribution >= 0.6 is 22.9 Å². The topological polar surface area (TPSA) is 58.6 Å². The molecular weight excluding hydrogens is 312 g/mol. The van der Waals surface area contributed by atoms with Crippen LogP contribution in [0.25, 0.3) is 0 Å². The van der Waals surface area contributed by atoms with Crippen LogP contribution in [0.3, 0.4) is 0 Å². The Balaban J connectivity index is 2.14. The van der Waals surface area contributed by atoms with E-state index in [9.17, 15) is 9.59 Å². The lowest BCUT2D eigenvalue weighted by molar-refractivity contribution is -0.143. The number of thiophene rings is 1. The number of nitrogens with zero attached hydrogens (tertiary/aromatic N) is 1. The van der Waals surface area contributed by atoms with Gasteiger partial charge in [-0.2, -0.15) is 0 Å². The van der Waals surface area contributed by atoms with Gasteiger partial charge in [0.25, 0.3) is 0 Å². The maximum absolute atomic E-state index is 11.7. The third-order valence-corrected chi connectivity index (χ3v) is 3.87. The molecule has 1 aromatic heterocycles. The number of hydrogen-bond acceptors (Lipinski definition) is 5. The van der Waals surface area contributed by atoms with E-state index >= 15 is 0 Å². The van der Waals surface area contributed by atoms with Crippen molar-refractivity contribution in [2.45, 2.75) is 26.3 Å². The molecule has 0 aliphatic carbocycles. The summed E-state index contributed by atoms with van der Waals surface area (Å²) in [4.78, 5) is 25.9. The number of amides is 1. The van der Waals surface area contributed by atoms with Crippen molar-refractivity contribution in [1.82, 2.24) is 10.2 Å². The lowest BCUT2D eigenvalue weighted by atomic mass is 10.3. The van der Waals surface area contributed by atoms with Gasteiger partial charge >= 0.3 is 5.97 Å². The quantitative estimate of drug-likeness (QED) is 0.557. The van der Waals surface area contributed by atoms with E-state index in [0.717, 1.165) is 9.21 Å². The van der Waals surface area contributed by atoms with Crippen LogP contribution in [0.5, 0.6) is 0 Å². The van der Waals surface area contributed by atoms with E-state index in [2.05, 4.69) is 5.32 Å². The Morgan fingerprint density at radius 3 is 2.81 bits per heavy atom. The summed E-state index contributed by atoms with van der Waals surface area (Å²) in [5, 5.41) is 2.79. The Kier molecular flexibility index (Phi) is 8.34. The molecule has 0 fully saturated rings. The number of nitrogens with one attached hydrogen (secondary N) is 1. The molecule has 0 atom stereocenters. The Hall–Kier alpha value is -1.11. The van der Waals surface area contributed by atoms with Crippen LogP contribution in [0.15, 0.2) is 12.1 Å². The largest absolute Gasteiger partial charge is 0.466 e. The van der Waals surface area contributed by atoms with E-state index in [4.69, 9.17) is 16.3 Å². The second-order valence-corrected chi connectivity index (χ2v) is 6.44. The van der Waals surface area contributed by atoms with E-state index in [1.54, 1.807) is 6.92 Å². The first-order chi connectivity index (χ1) is 10.0. The molecule has 1 N–H and O–H groups in total. The van der Waals surface area contributed by atoms with E-state index in [-0.39, 0.29) is 11.9 Å². The third kappa shape index (κ3) is 8.04. The number of hydrogen-bond donors (Lipinski definition) is 1. The zero-order valence-corrected chi connectivity index (χ0v) is 13.9. The van der Waals surface area contributed by atoms with Gasteiger partial charge in [0.2, 0.25) is 5.91 Å². The van der Waals surface area contributed by atoms with Crippen molar-refractivity contribution in [3.63, 3.8) is 0 Å². The molecule has 0 saturated carbocycles. The van der Waals surface area contributed by atoms with E-state index in [0.29, 0.717) is 39.1 Å². The fourth-order valence-corrected chi connectivity index (χ4v) is 2.92. The number of rotatable bonds is 9. The highest BCUT2D eigenvalue weighted by molar-refractivity contribution is 7.16. The molecule has 1 rings (SSSR count). The zero-order valence-electron chi connectivity index (χ0n) is 12.4. The molecular formula is C14H21ClN2O3S. The maximum atomic E-state index is 11.7. The van der Waals surface area contributed by atoms with Gasteiger partial charge in [-0.3, -0.25) is 14.5 Å². The Labute approximate surface area is 134 Å². The molecule has 0 bridgehead atoms. The summed E-state index contributed by atoms with van der Waals surface area (Å²) in [6.45, 7) is 3.65. The summed E-state index contributed by atoms with van der Waals surface area (Å²) in [5.74, 6) is -0.276. The molecule has 118 valence electrons. The normalized spacial score (nSPS) is 10.7. The number of halogens is 1. The average molecular weight is 333 g/mol. The van der Waals surface area contributed by atoms with Gasteiger partial charge in [-0.1, -0.05) is 11.6 Å². The fourth-order valence-electron chi connectivity index (χ4n) is 1.75. The number of carbonyl (C=O) groups excluding carboxylic acids is 2. The molecule has 21 heavy (non-hydrogen) atoms. The molecule has 1 amide bonds. The highest BCUT2D eigenvalue weighted by atomic mass is 35.5. The summed E-state index contributed by atoms with van der Waals surface area (Å²) >= 11 is 7.38. The summed E-state index contributed by atoms with van der Waals surface area (Å²) in [6, 6.07) is 3.81. The summed E-state index contributed by atoms with van der Waals surface area (Å²) in [7, 11) is 1.88. The van der Waals surface area contributed by atoms with Crippen molar-refractivity contribution in [3.8, 4) is 0 Å². The predicted molar refractivity (Wildman–Crippen MR) is 84.5 cm³/mol. The summed E-state index contributed by atoms with van der Waals surface area (Å²) in [5.41, 5.74) is 0.